The van der Waals surface area contributed by atoms with E-state index in [1.165, 1.54) is 0 Å². The highest BCUT2D eigenvalue weighted by atomic mass is 35.5. The van der Waals surface area contributed by atoms with Crippen molar-refractivity contribution in [1.82, 2.24) is 9.78 Å². The summed E-state index contributed by atoms with van der Waals surface area (Å²) in [6.07, 6.45) is 1.98. The summed E-state index contributed by atoms with van der Waals surface area (Å²) in [5.74, 6) is 0.686. The van der Waals surface area contributed by atoms with Crippen LogP contribution in [0.5, 0.6) is 0 Å². The Morgan fingerprint density at radius 1 is 1.33 bits per heavy atom. The zero-order valence-corrected chi connectivity index (χ0v) is 9.96. The normalized spacial score (nSPS) is 10.6. The highest BCUT2D eigenvalue weighted by Gasteiger charge is 2.08. The maximum absolute atomic E-state index is 5.84. The molecule has 1 aromatic carbocycles. The molecule has 0 radical (unpaired) electrons. The minimum absolute atomic E-state index is 0.686. The highest BCUT2D eigenvalue weighted by molar-refractivity contribution is 7.79. The van der Waals surface area contributed by atoms with Crippen LogP contribution in [0.25, 0.3) is 11.3 Å². The van der Waals surface area contributed by atoms with Gasteiger partial charge < -0.3 is 0 Å². The first kappa shape index (κ1) is 10.6. The maximum Gasteiger partial charge on any atom is 0.0963 e. The Kier molecular flexibility index (Phi) is 3.03. The number of benzene rings is 1. The molecule has 0 unspecified atom stereocenters. The van der Waals surface area contributed by atoms with E-state index in [2.05, 4.69) is 17.7 Å². The van der Waals surface area contributed by atoms with Crippen molar-refractivity contribution in [2.24, 2.45) is 7.05 Å². The van der Waals surface area contributed by atoms with Gasteiger partial charge in [0.05, 0.1) is 5.69 Å². The van der Waals surface area contributed by atoms with Gasteiger partial charge in [0.2, 0.25) is 0 Å². The molecule has 2 nitrogen and oxygen atoms in total. The summed E-state index contributed by atoms with van der Waals surface area (Å²) in [6, 6.07) is 7.68. The molecular formula is C11H11ClN2S. The largest absolute Gasteiger partial charge is 0.275 e. The number of hydrogen-bond donors (Lipinski definition) is 1. The average Bonchev–Trinajstić information content (AvgIpc) is 2.61. The van der Waals surface area contributed by atoms with Crippen LogP contribution in [0.15, 0.2) is 30.5 Å². The van der Waals surface area contributed by atoms with Crippen molar-refractivity contribution in [3.63, 3.8) is 0 Å². The molecule has 0 saturated carbocycles. The van der Waals surface area contributed by atoms with Gasteiger partial charge in [-0.3, -0.25) is 4.68 Å². The Morgan fingerprint density at radius 3 is 2.60 bits per heavy atom. The van der Waals surface area contributed by atoms with E-state index in [-0.39, 0.29) is 0 Å². The van der Waals surface area contributed by atoms with E-state index < -0.39 is 0 Å². The number of nitrogens with zero attached hydrogens (tertiary/aromatic N) is 2. The lowest BCUT2D eigenvalue weighted by Gasteiger charge is -1.99. The molecule has 2 aromatic rings. The standard InChI is InChI=1S/C11H11ClN2S/c1-14-6-9(7-15)11(13-14)8-2-4-10(12)5-3-8/h2-6,15H,7H2,1H3. The van der Waals surface area contributed by atoms with E-state index in [0.29, 0.717) is 5.75 Å². The minimum Gasteiger partial charge on any atom is -0.275 e. The molecule has 78 valence electrons. The molecule has 15 heavy (non-hydrogen) atoms. The van der Waals surface area contributed by atoms with Crippen LogP contribution >= 0.6 is 24.2 Å². The first-order valence-corrected chi connectivity index (χ1v) is 5.61. The lowest BCUT2D eigenvalue weighted by atomic mass is 10.1. The van der Waals surface area contributed by atoms with Crippen molar-refractivity contribution in [2.45, 2.75) is 5.75 Å². The second kappa shape index (κ2) is 4.29. The van der Waals surface area contributed by atoms with Crippen molar-refractivity contribution in [2.75, 3.05) is 0 Å². The van der Waals surface area contributed by atoms with Crippen LogP contribution in [-0.4, -0.2) is 9.78 Å². The fourth-order valence-electron chi connectivity index (χ4n) is 1.50. The van der Waals surface area contributed by atoms with Crippen molar-refractivity contribution >= 4 is 24.2 Å². The number of thiol groups is 1. The molecule has 2 rings (SSSR count). The van der Waals surface area contributed by atoms with Crippen LogP contribution < -0.4 is 0 Å². The summed E-state index contributed by atoms with van der Waals surface area (Å²) in [4.78, 5) is 0. The van der Waals surface area contributed by atoms with Crippen molar-refractivity contribution in [3.05, 3.63) is 41.0 Å². The molecule has 0 aliphatic carbocycles. The van der Waals surface area contributed by atoms with Crippen LogP contribution in [-0.2, 0) is 12.8 Å². The second-order valence-corrected chi connectivity index (χ2v) is 4.09. The number of hydrogen-bond acceptors (Lipinski definition) is 2. The lowest BCUT2D eigenvalue weighted by Crippen LogP contribution is -1.87. The van der Waals surface area contributed by atoms with Gasteiger partial charge in [-0.1, -0.05) is 23.7 Å². The van der Waals surface area contributed by atoms with E-state index in [0.717, 1.165) is 21.8 Å². The highest BCUT2D eigenvalue weighted by Crippen LogP contribution is 2.24. The summed E-state index contributed by atoms with van der Waals surface area (Å²) in [5.41, 5.74) is 3.18. The topological polar surface area (TPSA) is 17.8 Å². The Bertz CT molecular complexity index is 462. The van der Waals surface area contributed by atoms with Gasteiger partial charge in [0.1, 0.15) is 0 Å². The average molecular weight is 239 g/mol. The van der Waals surface area contributed by atoms with Gasteiger partial charge in [0.15, 0.2) is 0 Å². The second-order valence-electron chi connectivity index (χ2n) is 3.34. The van der Waals surface area contributed by atoms with Gasteiger partial charge in [0, 0.05) is 35.1 Å². The number of halogens is 1. The van der Waals surface area contributed by atoms with E-state index in [9.17, 15) is 0 Å². The molecule has 1 heterocycles. The summed E-state index contributed by atoms with van der Waals surface area (Å²) in [7, 11) is 1.91. The van der Waals surface area contributed by atoms with E-state index in [1.807, 2.05) is 37.5 Å². The lowest BCUT2D eigenvalue weighted by molar-refractivity contribution is 0.770. The number of rotatable bonds is 2. The predicted molar refractivity (Wildman–Crippen MR) is 66.3 cm³/mol. The zero-order chi connectivity index (χ0) is 10.8. The molecule has 0 N–H and O–H groups in total. The van der Waals surface area contributed by atoms with Crippen LogP contribution in [0.1, 0.15) is 5.56 Å². The molecule has 4 heteroatoms. The molecule has 0 aliphatic heterocycles. The Labute approximate surface area is 99.3 Å². The molecule has 1 aromatic heterocycles. The summed E-state index contributed by atoms with van der Waals surface area (Å²) in [5, 5.41) is 5.14. The Balaban J connectivity index is 2.48. The molecular weight excluding hydrogens is 228 g/mol. The van der Waals surface area contributed by atoms with Gasteiger partial charge in [-0.2, -0.15) is 17.7 Å². The van der Waals surface area contributed by atoms with Crippen molar-refractivity contribution < 1.29 is 0 Å². The molecule has 0 fully saturated rings. The SMILES string of the molecule is Cn1cc(CS)c(-c2ccc(Cl)cc2)n1. The van der Waals surface area contributed by atoms with Crippen LogP contribution in [0, 0.1) is 0 Å². The summed E-state index contributed by atoms with van der Waals surface area (Å²) in [6.45, 7) is 0. The third-order valence-electron chi connectivity index (χ3n) is 2.19. The van der Waals surface area contributed by atoms with Crippen LogP contribution in [0.3, 0.4) is 0 Å². The van der Waals surface area contributed by atoms with Gasteiger partial charge in [0.25, 0.3) is 0 Å². The number of aryl methyl sites for hydroxylation is 1. The van der Waals surface area contributed by atoms with Crippen LogP contribution in [0.4, 0.5) is 0 Å². The zero-order valence-electron chi connectivity index (χ0n) is 8.31. The Morgan fingerprint density at radius 2 is 2.00 bits per heavy atom. The van der Waals surface area contributed by atoms with Gasteiger partial charge in [-0.05, 0) is 12.1 Å². The molecule has 0 aliphatic rings. The van der Waals surface area contributed by atoms with Gasteiger partial charge in [-0.25, -0.2) is 0 Å². The third kappa shape index (κ3) is 2.19. The summed E-state index contributed by atoms with van der Waals surface area (Å²) >= 11 is 10.1. The van der Waals surface area contributed by atoms with E-state index in [4.69, 9.17) is 11.6 Å². The van der Waals surface area contributed by atoms with E-state index >= 15 is 0 Å². The van der Waals surface area contributed by atoms with Gasteiger partial charge in [-0.15, -0.1) is 0 Å². The predicted octanol–water partition coefficient (Wildman–Crippen LogP) is 3.17. The maximum atomic E-state index is 5.84. The quantitative estimate of drug-likeness (QED) is 0.796. The molecule has 0 amide bonds. The molecule has 0 saturated heterocycles. The van der Waals surface area contributed by atoms with Crippen molar-refractivity contribution in [3.8, 4) is 11.3 Å². The number of aromatic nitrogens is 2. The van der Waals surface area contributed by atoms with Gasteiger partial charge >= 0.3 is 0 Å². The molecule has 0 bridgehead atoms. The van der Waals surface area contributed by atoms with E-state index in [1.54, 1.807) is 4.68 Å². The Hall–Kier alpha value is -0.930. The minimum atomic E-state index is 0.686. The fourth-order valence-corrected chi connectivity index (χ4v) is 1.86. The first-order valence-electron chi connectivity index (χ1n) is 4.60. The summed E-state index contributed by atoms with van der Waals surface area (Å²) < 4.78 is 1.80. The molecule has 0 atom stereocenters. The smallest absolute Gasteiger partial charge is 0.0963 e. The van der Waals surface area contributed by atoms with Crippen LogP contribution in [0.2, 0.25) is 5.02 Å². The first-order chi connectivity index (χ1) is 7.20. The molecule has 0 spiro atoms. The third-order valence-corrected chi connectivity index (χ3v) is 2.79. The van der Waals surface area contributed by atoms with Crippen molar-refractivity contribution in [1.29, 1.82) is 0 Å². The fraction of sp³-hybridized carbons (Fsp3) is 0.182. The monoisotopic (exact) mass is 238 g/mol.